The number of hydrogen-bond acceptors (Lipinski definition) is 4. The van der Waals surface area contributed by atoms with Crippen molar-refractivity contribution in [3.05, 3.63) is 64.2 Å². The molecule has 2 atom stereocenters. The Morgan fingerprint density at radius 3 is 2.56 bits per heavy atom. The van der Waals surface area contributed by atoms with Crippen molar-refractivity contribution in [2.45, 2.75) is 64.5 Å². The topological polar surface area (TPSA) is 67.9 Å². The number of amidine groups is 1. The van der Waals surface area contributed by atoms with E-state index in [0.29, 0.717) is 36.4 Å². The van der Waals surface area contributed by atoms with Gasteiger partial charge in [-0.2, -0.15) is 0 Å². The van der Waals surface area contributed by atoms with Gasteiger partial charge in [0.25, 0.3) is 0 Å². The molecular formula is C26H34Cl3N3O2. The second kappa shape index (κ2) is 11.7. The zero-order valence-corrected chi connectivity index (χ0v) is 22.3. The van der Waals surface area contributed by atoms with Crippen molar-refractivity contribution in [1.82, 2.24) is 4.90 Å². The van der Waals surface area contributed by atoms with E-state index in [-0.39, 0.29) is 30.9 Å². The van der Waals surface area contributed by atoms with Crippen LogP contribution in [0.15, 0.2) is 47.5 Å². The molecule has 0 bridgehead atoms. The van der Waals surface area contributed by atoms with E-state index in [1.807, 2.05) is 45.0 Å². The van der Waals surface area contributed by atoms with Crippen LogP contribution in [0.1, 0.15) is 62.6 Å². The first-order valence-corrected chi connectivity index (χ1v) is 11.8. The third-order valence-corrected chi connectivity index (χ3v) is 6.46. The number of nitrogens with zero attached hydrogens (tertiary/aromatic N) is 2. The van der Waals surface area contributed by atoms with Gasteiger partial charge in [-0.05, 0) is 80.8 Å². The molecule has 1 heterocycles. The molecule has 1 saturated carbocycles. The Bertz CT molecular complexity index is 1040. The third-order valence-electron chi connectivity index (χ3n) is 6.22. The van der Waals surface area contributed by atoms with E-state index in [1.54, 1.807) is 4.90 Å². The normalized spacial score (nSPS) is 18.5. The number of hydrogen-bond donors (Lipinski definition) is 1. The average Bonchev–Trinajstić information content (AvgIpc) is 3.20. The lowest BCUT2D eigenvalue weighted by Gasteiger charge is -2.28. The second-order valence-corrected chi connectivity index (χ2v) is 10.3. The number of halogens is 3. The molecular weight excluding hydrogens is 493 g/mol. The molecule has 4 rings (SSSR count). The second-order valence-electron chi connectivity index (χ2n) is 9.86. The van der Waals surface area contributed by atoms with E-state index < -0.39 is 5.60 Å². The summed E-state index contributed by atoms with van der Waals surface area (Å²) in [5, 5.41) is 0.655. The number of benzene rings is 2. The Hall–Kier alpha value is -1.95. The van der Waals surface area contributed by atoms with Crippen molar-refractivity contribution in [2.24, 2.45) is 16.6 Å². The Balaban J connectivity index is 0.00000204. The number of carbonyl (C=O) groups is 1. The standard InChI is InChI=1S/C26H32ClN3O2.2ClH/c1-26(2,3)32-25(31)30(16-18-6-4-7-19(27)14-18)13-12-17-10-11-21-20-8-5-9-22(20)24(28)29-23(21)15-17;;/h4,6-7,10-11,14-15,20,22H,5,8-9,12-13,16H2,1-3H3,(H2,28,29);2*1H. The summed E-state index contributed by atoms with van der Waals surface area (Å²) >= 11 is 6.15. The smallest absolute Gasteiger partial charge is 0.410 e. The van der Waals surface area contributed by atoms with Gasteiger partial charge in [0.05, 0.1) is 5.69 Å². The first-order valence-electron chi connectivity index (χ1n) is 11.4. The molecule has 2 aromatic carbocycles. The zero-order chi connectivity index (χ0) is 22.9. The molecule has 1 amide bonds. The van der Waals surface area contributed by atoms with Crippen LogP contribution < -0.4 is 5.73 Å². The highest BCUT2D eigenvalue weighted by molar-refractivity contribution is 6.30. The number of aliphatic imine (C=N–C) groups is 1. The van der Waals surface area contributed by atoms with E-state index in [4.69, 9.17) is 27.1 Å². The first-order chi connectivity index (χ1) is 15.2. The van der Waals surface area contributed by atoms with Crippen LogP contribution in [0.25, 0.3) is 0 Å². The van der Waals surface area contributed by atoms with Crippen molar-refractivity contribution >= 4 is 54.0 Å². The van der Waals surface area contributed by atoms with Crippen molar-refractivity contribution in [3.63, 3.8) is 0 Å². The summed E-state index contributed by atoms with van der Waals surface area (Å²) < 4.78 is 5.66. The van der Waals surface area contributed by atoms with Crippen LogP contribution in [0.4, 0.5) is 10.5 Å². The minimum atomic E-state index is -0.556. The number of rotatable bonds is 5. The monoisotopic (exact) mass is 525 g/mol. The van der Waals surface area contributed by atoms with Gasteiger partial charge in [0.1, 0.15) is 11.4 Å². The predicted molar refractivity (Wildman–Crippen MR) is 144 cm³/mol. The molecule has 34 heavy (non-hydrogen) atoms. The predicted octanol–water partition coefficient (Wildman–Crippen LogP) is 7.05. The van der Waals surface area contributed by atoms with Crippen LogP contribution in [-0.2, 0) is 17.7 Å². The molecule has 2 aliphatic rings. The summed E-state index contributed by atoms with van der Waals surface area (Å²) in [6.07, 6.45) is 3.90. The van der Waals surface area contributed by atoms with Crippen LogP contribution in [-0.4, -0.2) is 29.0 Å². The molecule has 2 unspecified atom stereocenters. The summed E-state index contributed by atoms with van der Waals surface area (Å²) in [6.45, 7) is 6.61. The van der Waals surface area contributed by atoms with E-state index in [2.05, 4.69) is 18.2 Å². The Labute approximate surface area is 219 Å². The highest BCUT2D eigenvalue weighted by Crippen LogP contribution is 2.46. The van der Waals surface area contributed by atoms with E-state index >= 15 is 0 Å². The van der Waals surface area contributed by atoms with Gasteiger partial charge < -0.3 is 15.4 Å². The summed E-state index contributed by atoms with van der Waals surface area (Å²) in [5.41, 5.74) is 10.1. The van der Waals surface area contributed by atoms with Crippen LogP contribution >= 0.6 is 36.4 Å². The maximum Gasteiger partial charge on any atom is 0.410 e. The highest BCUT2D eigenvalue weighted by Gasteiger charge is 2.35. The molecule has 0 aromatic heterocycles. The van der Waals surface area contributed by atoms with Gasteiger partial charge in [0.2, 0.25) is 0 Å². The Morgan fingerprint density at radius 2 is 1.85 bits per heavy atom. The number of ether oxygens (including phenoxy) is 1. The molecule has 1 aliphatic heterocycles. The van der Waals surface area contributed by atoms with Crippen molar-refractivity contribution < 1.29 is 9.53 Å². The molecule has 2 N–H and O–H groups in total. The molecule has 0 radical (unpaired) electrons. The molecule has 8 heteroatoms. The largest absolute Gasteiger partial charge is 0.444 e. The lowest BCUT2D eigenvalue weighted by Crippen LogP contribution is -2.37. The molecule has 0 spiro atoms. The van der Waals surface area contributed by atoms with Crippen LogP contribution in [0, 0.1) is 5.92 Å². The molecule has 2 aromatic rings. The van der Waals surface area contributed by atoms with E-state index in [0.717, 1.165) is 29.1 Å². The van der Waals surface area contributed by atoms with Gasteiger partial charge in [0.15, 0.2) is 0 Å². The maximum atomic E-state index is 12.9. The van der Waals surface area contributed by atoms with Crippen LogP contribution in [0.3, 0.4) is 0 Å². The minimum Gasteiger partial charge on any atom is -0.444 e. The maximum absolute atomic E-state index is 12.9. The zero-order valence-electron chi connectivity index (χ0n) is 19.9. The summed E-state index contributed by atoms with van der Waals surface area (Å²) in [7, 11) is 0. The van der Waals surface area contributed by atoms with Crippen molar-refractivity contribution in [3.8, 4) is 0 Å². The average molecular weight is 527 g/mol. The number of amides is 1. The lowest BCUT2D eigenvalue weighted by molar-refractivity contribution is 0.0236. The van der Waals surface area contributed by atoms with Gasteiger partial charge in [0, 0.05) is 24.0 Å². The number of carbonyl (C=O) groups excluding carboxylic acids is 1. The molecule has 186 valence electrons. The first kappa shape index (κ1) is 28.3. The van der Waals surface area contributed by atoms with Gasteiger partial charge >= 0.3 is 6.09 Å². The SMILES string of the molecule is CC(C)(C)OC(=O)N(CCc1ccc2c(c1)N=C(N)C1CCCC21)Cc1cccc(Cl)c1.Cl.Cl. The molecule has 0 saturated heterocycles. The number of nitrogens with two attached hydrogens (primary N) is 1. The minimum absolute atomic E-state index is 0. The fraction of sp³-hybridized carbons (Fsp3) is 0.462. The quantitative estimate of drug-likeness (QED) is 0.454. The van der Waals surface area contributed by atoms with Crippen molar-refractivity contribution in [1.29, 1.82) is 0 Å². The summed E-state index contributed by atoms with van der Waals surface area (Å²) in [5.74, 6) is 1.67. The molecule has 1 fully saturated rings. The van der Waals surface area contributed by atoms with E-state index in [1.165, 1.54) is 18.4 Å². The fourth-order valence-corrected chi connectivity index (χ4v) is 4.96. The van der Waals surface area contributed by atoms with Crippen LogP contribution in [0.5, 0.6) is 0 Å². The summed E-state index contributed by atoms with van der Waals surface area (Å²) in [4.78, 5) is 19.4. The van der Waals surface area contributed by atoms with Gasteiger partial charge in [-0.25, -0.2) is 9.79 Å². The number of fused-ring (bicyclic) bond motifs is 3. The van der Waals surface area contributed by atoms with Crippen LogP contribution in [0.2, 0.25) is 5.02 Å². The van der Waals surface area contributed by atoms with Gasteiger partial charge in [-0.3, -0.25) is 0 Å². The Morgan fingerprint density at radius 1 is 1.12 bits per heavy atom. The third kappa shape index (κ3) is 6.80. The van der Waals surface area contributed by atoms with Crippen molar-refractivity contribution in [2.75, 3.05) is 6.54 Å². The van der Waals surface area contributed by atoms with Gasteiger partial charge in [-0.15, -0.1) is 24.8 Å². The lowest BCUT2D eigenvalue weighted by atomic mass is 9.84. The fourth-order valence-electron chi connectivity index (χ4n) is 4.74. The van der Waals surface area contributed by atoms with Gasteiger partial charge in [-0.1, -0.05) is 42.3 Å². The summed E-state index contributed by atoms with van der Waals surface area (Å²) in [6, 6.07) is 14.1. The Kier molecular flexibility index (Phi) is 9.70. The molecule has 1 aliphatic carbocycles. The highest BCUT2D eigenvalue weighted by atomic mass is 35.5. The molecule has 5 nitrogen and oxygen atoms in total. The van der Waals surface area contributed by atoms with E-state index in [9.17, 15) is 4.79 Å².